The summed E-state index contributed by atoms with van der Waals surface area (Å²) in [5, 5.41) is 0. The van der Waals surface area contributed by atoms with Gasteiger partial charge in [-0.15, -0.1) is 0 Å². The van der Waals surface area contributed by atoms with Crippen LogP contribution < -0.4 is 5.73 Å². The molecule has 2 rings (SSSR count). The van der Waals surface area contributed by atoms with Gasteiger partial charge in [0, 0.05) is 12.6 Å². The summed E-state index contributed by atoms with van der Waals surface area (Å²) in [6.45, 7) is 8.75. The van der Waals surface area contributed by atoms with Crippen LogP contribution in [0.4, 0.5) is 0 Å². The largest absolute Gasteiger partial charge is 0.328 e. The minimum absolute atomic E-state index is 0.486. The van der Waals surface area contributed by atoms with Crippen LogP contribution in [0, 0.1) is 11.3 Å². The van der Waals surface area contributed by atoms with Gasteiger partial charge in [-0.2, -0.15) is 0 Å². The Balaban J connectivity index is 1.74. The standard InChI is InChI=1S/C15H30N2/c1-3-15(2)7-9-17(10-8-15)12-13-5-4-6-14(16)11-13/h13-14H,3-12,16H2,1-2H3. The maximum Gasteiger partial charge on any atom is 0.00419 e. The first-order chi connectivity index (χ1) is 8.11. The number of rotatable bonds is 3. The van der Waals surface area contributed by atoms with Gasteiger partial charge in [-0.05, 0) is 56.5 Å². The third-order valence-corrected chi connectivity index (χ3v) is 5.26. The highest BCUT2D eigenvalue weighted by molar-refractivity contribution is 4.84. The number of hydrogen-bond acceptors (Lipinski definition) is 2. The molecule has 2 unspecified atom stereocenters. The fraction of sp³-hybridized carbons (Fsp3) is 1.00. The Hall–Kier alpha value is -0.0800. The molecule has 0 bridgehead atoms. The maximum atomic E-state index is 6.08. The first-order valence-electron chi connectivity index (χ1n) is 7.59. The molecule has 2 fully saturated rings. The Morgan fingerprint density at radius 2 is 1.94 bits per heavy atom. The molecule has 0 aromatic carbocycles. The highest BCUT2D eigenvalue weighted by atomic mass is 15.1. The molecule has 0 aromatic rings. The van der Waals surface area contributed by atoms with Crippen molar-refractivity contribution in [2.75, 3.05) is 19.6 Å². The van der Waals surface area contributed by atoms with Gasteiger partial charge in [0.25, 0.3) is 0 Å². The van der Waals surface area contributed by atoms with E-state index in [1.165, 1.54) is 64.6 Å². The van der Waals surface area contributed by atoms with E-state index in [9.17, 15) is 0 Å². The number of hydrogen-bond donors (Lipinski definition) is 1. The lowest BCUT2D eigenvalue weighted by molar-refractivity contribution is 0.0927. The highest BCUT2D eigenvalue weighted by Crippen LogP contribution is 2.34. The van der Waals surface area contributed by atoms with Crippen LogP contribution >= 0.6 is 0 Å². The van der Waals surface area contributed by atoms with Crippen LogP contribution in [-0.4, -0.2) is 30.6 Å². The smallest absolute Gasteiger partial charge is 0.00419 e. The molecule has 2 heteroatoms. The molecule has 17 heavy (non-hydrogen) atoms. The van der Waals surface area contributed by atoms with E-state index >= 15 is 0 Å². The number of likely N-dealkylation sites (tertiary alicyclic amines) is 1. The molecular weight excluding hydrogens is 208 g/mol. The lowest BCUT2D eigenvalue weighted by Gasteiger charge is -2.41. The van der Waals surface area contributed by atoms with Gasteiger partial charge in [0.15, 0.2) is 0 Å². The van der Waals surface area contributed by atoms with Gasteiger partial charge in [-0.3, -0.25) is 0 Å². The quantitative estimate of drug-likeness (QED) is 0.819. The van der Waals surface area contributed by atoms with Gasteiger partial charge in [0.2, 0.25) is 0 Å². The first-order valence-corrected chi connectivity index (χ1v) is 7.59. The van der Waals surface area contributed by atoms with Crippen LogP contribution in [0.5, 0.6) is 0 Å². The fourth-order valence-electron chi connectivity index (χ4n) is 3.49. The summed E-state index contributed by atoms with van der Waals surface area (Å²) >= 11 is 0. The summed E-state index contributed by atoms with van der Waals surface area (Å²) in [6.07, 6.45) is 9.41. The predicted molar refractivity (Wildman–Crippen MR) is 74.0 cm³/mol. The zero-order valence-electron chi connectivity index (χ0n) is 11.8. The lowest BCUT2D eigenvalue weighted by Crippen LogP contribution is -2.42. The summed E-state index contributed by atoms with van der Waals surface area (Å²) in [7, 11) is 0. The van der Waals surface area contributed by atoms with Crippen LogP contribution in [0.2, 0.25) is 0 Å². The second-order valence-electron chi connectivity index (χ2n) is 6.76. The van der Waals surface area contributed by atoms with Crippen molar-refractivity contribution in [3.05, 3.63) is 0 Å². The van der Waals surface area contributed by atoms with E-state index in [2.05, 4.69) is 18.7 Å². The van der Waals surface area contributed by atoms with Crippen molar-refractivity contribution in [1.82, 2.24) is 4.90 Å². The van der Waals surface area contributed by atoms with Crippen LogP contribution in [0.1, 0.15) is 58.8 Å². The molecule has 1 saturated heterocycles. The van der Waals surface area contributed by atoms with Crippen molar-refractivity contribution < 1.29 is 0 Å². The predicted octanol–water partition coefficient (Wildman–Crippen LogP) is 3.02. The van der Waals surface area contributed by atoms with Crippen molar-refractivity contribution in [2.45, 2.75) is 64.8 Å². The molecule has 0 spiro atoms. The minimum atomic E-state index is 0.486. The third-order valence-electron chi connectivity index (χ3n) is 5.26. The van der Waals surface area contributed by atoms with E-state index < -0.39 is 0 Å². The fourth-order valence-corrected chi connectivity index (χ4v) is 3.49. The van der Waals surface area contributed by atoms with E-state index in [1.807, 2.05) is 0 Å². The molecule has 2 nitrogen and oxygen atoms in total. The molecular formula is C15H30N2. The molecule has 0 radical (unpaired) electrons. The van der Waals surface area contributed by atoms with E-state index in [1.54, 1.807) is 0 Å². The van der Waals surface area contributed by atoms with Gasteiger partial charge in [0.1, 0.15) is 0 Å². The average molecular weight is 238 g/mol. The topological polar surface area (TPSA) is 29.3 Å². The Morgan fingerprint density at radius 1 is 1.24 bits per heavy atom. The number of nitrogens with zero attached hydrogens (tertiary/aromatic N) is 1. The normalized spacial score (nSPS) is 34.8. The average Bonchev–Trinajstić information content (AvgIpc) is 2.33. The summed E-state index contributed by atoms with van der Waals surface area (Å²) in [6, 6.07) is 0.486. The molecule has 1 aliphatic carbocycles. The van der Waals surface area contributed by atoms with Gasteiger partial charge in [-0.25, -0.2) is 0 Å². The van der Waals surface area contributed by atoms with Crippen LogP contribution in [0.25, 0.3) is 0 Å². The minimum Gasteiger partial charge on any atom is -0.328 e. The Morgan fingerprint density at radius 3 is 2.53 bits per heavy atom. The van der Waals surface area contributed by atoms with Gasteiger partial charge in [0.05, 0.1) is 0 Å². The van der Waals surface area contributed by atoms with Crippen LogP contribution in [0.3, 0.4) is 0 Å². The molecule has 1 heterocycles. The SMILES string of the molecule is CCC1(C)CCN(CC2CCCC(N)C2)CC1. The van der Waals surface area contributed by atoms with Crippen molar-refractivity contribution in [2.24, 2.45) is 17.1 Å². The highest BCUT2D eigenvalue weighted by Gasteiger charge is 2.29. The summed E-state index contributed by atoms with van der Waals surface area (Å²) in [5.41, 5.74) is 6.70. The first kappa shape index (κ1) is 13.4. The summed E-state index contributed by atoms with van der Waals surface area (Å²) < 4.78 is 0. The van der Waals surface area contributed by atoms with Crippen molar-refractivity contribution in [3.8, 4) is 0 Å². The van der Waals surface area contributed by atoms with Crippen molar-refractivity contribution in [3.63, 3.8) is 0 Å². The maximum absolute atomic E-state index is 6.08. The molecule has 100 valence electrons. The van der Waals surface area contributed by atoms with E-state index in [-0.39, 0.29) is 0 Å². The Bertz CT molecular complexity index is 231. The molecule has 1 saturated carbocycles. The molecule has 0 aromatic heterocycles. The van der Waals surface area contributed by atoms with Gasteiger partial charge in [-0.1, -0.05) is 26.7 Å². The van der Waals surface area contributed by atoms with Crippen LogP contribution in [0.15, 0.2) is 0 Å². The second-order valence-corrected chi connectivity index (χ2v) is 6.76. The van der Waals surface area contributed by atoms with E-state index in [4.69, 9.17) is 5.73 Å². The molecule has 1 aliphatic heterocycles. The lowest BCUT2D eigenvalue weighted by atomic mass is 9.77. The number of nitrogens with two attached hydrogens (primary N) is 1. The zero-order chi connectivity index (χ0) is 12.3. The van der Waals surface area contributed by atoms with Gasteiger partial charge < -0.3 is 10.6 Å². The van der Waals surface area contributed by atoms with Gasteiger partial charge >= 0.3 is 0 Å². The second kappa shape index (κ2) is 5.71. The van der Waals surface area contributed by atoms with Crippen molar-refractivity contribution >= 4 is 0 Å². The zero-order valence-corrected chi connectivity index (χ0v) is 11.8. The number of piperidine rings is 1. The van der Waals surface area contributed by atoms with E-state index in [0.29, 0.717) is 11.5 Å². The third kappa shape index (κ3) is 3.69. The Labute approximate surface area is 107 Å². The summed E-state index contributed by atoms with van der Waals surface area (Å²) in [4.78, 5) is 2.69. The van der Waals surface area contributed by atoms with Crippen LogP contribution in [-0.2, 0) is 0 Å². The molecule has 2 aliphatic rings. The monoisotopic (exact) mass is 238 g/mol. The van der Waals surface area contributed by atoms with Crippen molar-refractivity contribution in [1.29, 1.82) is 0 Å². The molecule has 2 atom stereocenters. The summed E-state index contributed by atoms with van der Waals surface area (Å²) in [5.74, 6) is 0.879. The molecule has 2 N–H and O–H groups in total. The van der Waals surface area contributed by atoms with E-state index in [0.717, 1.165) is 5.92 Å². The Kier molecular flexibility index (Phi) is 4.48. The molecule has 0 amide bonds.